The second-order valence-corrected chi connectivity index (χ2v) is 7.54. The molecule has 0 bridgehead atoms. The van der Waals surface area contributed by atoms with E-state index in [1.54, 1.807) is 27.5 Å². The third kappa shape index (κ3) is 4.08. The van der Waals surface area contributed by atoms with Crippen molar-refractivity contribution in [2.45, 2.75) is 18.6 Å². The number of aromatic nitrogens is 2. The Bertz CT molecular complexity index is 1040. The van der Waals surface area contributed by atoms with Crippen molar-refractivity contribution < 1.29 is 14.2 Å². The number of rotatable bonds is 8. The lowest BCUT2D eigenvalue weighted by Crippen LogP contribution is -2.31. The van der Waals surface area contributed by atoms with Gasteiger partial charge in [0.05, 0.1) is 38.2 Å². The molecule has 1 N–H and O–H groups in total. The summed E-state index contributed by atoms with van der Waals surface area (Å²) in [7, 11) is 5.00. The highest BCUT2D eigenvalue weighted by atomic mass is 32.1. The molecule has 0 amide bonds. The Hall–Kier alpha value is -3.10. The van der Waals surface area contributed by atoms with Crippen LogP contribution in [0.25, 0.3) is 0 Å². The number of pyridine rings is 1. The zero-order valence-electron chi connectivity index (χ0n) is 17.8. The maximum atomic E-state index is 5.82. The Morgan fingerprint density at radius 3 is 2.65 bits per heavy atom. The third-order valence-electron chi connectivity index (χ3n) is 5.45. The molecule has 162 valence electrons. The van der Waals surface area contributed by atoms with Crippen LogP contribution in [0.5, 0.6) is 11.5 Å². The van der Waals surface area contributed by atoms with E-state index in [4.69, 9.17) is 26.4 Å². The average molecular weight is 439 g/mol. The van der Waals surface area contributed by atoms with E-state index in [-0.39, 0.29) is 12.1 Å². The molecule has 0 radical (unpaired) electrons. The number of hydrogen-bond donors (Lipinski definition) is 1. The van der Waals surface area contributed by atoms with Crippen LogP contribution in [0.2, 0.25) is 0 Å². The smallest absolute Gasteiger partial charge is 0.174 e. The van der Waals surface area contributed by atoms with E-state index >= 15 is 0 Å². The van der Waals surface area contributed by atoms with E-state index < -0.39 is 0 Å². The molecule has 2 aromatic heterocycles. The van der Waals surface area contributed by atoms with Crippen molar-refractivity contribution in [1.29, 1.82) is 0 Å². The molecule has 31 heavy (non-hydrogen) atoms. The highest BCUT2D eigenvalue weighted by Crippen LogP contribution is 2.45. The predicted molar refractivity (Wildman–Crippen MR) is 124 cm³/mol. The Morgan fingerprint density at radius 1 is 1.06 bits per heavy atom. The molecule has 1 aromatic carbocycles. The van der Waals surface area contributed by atoms with Gasteiger partial charge in [0.25, 0.3) is 0 Å². The summed E-state index contributed by atoms with van der Waals surface area (Å²) in [5.41, 5.74) is 2.89. The molecule has 2 atom stereocenters. The second-order valence-electron chi connectivity index (χ2n) is 7.15. The van der Waals surface area contributed by atoms with E-state index in [1.807, 2.05) is 42.5 Å². The highest BCUT2D eigenvalue weighted by Gasteiger charge is 2.43. The fourth-order valence-corrected chi connectivity index (χ4v) is 4.33. The fraction of sp³-hybridized carbons (Fsp3) is 0.304. The molecule has 8 heteroatoms. The molecule has 1 fully saturated rings. The second kappa shape index (κ2) is 9.36. The van der Waals surface area contributed by atoms with Gasteiger partial charge in [-0.3, -0.25) is 4.98 Å². The topological polar surface area (TPSA) is 60.8 Å². The molecule has 7 nitrogen and oxygen atoms in total. The lowest BCUT2D eigenvalue weighted by Gasteiger charge is -2.30. The van der Waals surface area contributed by atoms with E-state index in [0.717, 1.165) is 29.4 Å². The normalized spacial score (nSPS) is 18.2. The van der Waals surface area contributed by atoms with Gasteiger partial charge in [0.15, 0.2) is 5.11 Å². The van der Waals surface area contributed by atoms with Crippen LogP contribution in [0.4, 0.5) is 5.69 Å². The summed E-state index contributed by atoms with van der Waals surface area (Å²) >= 11 is 5.82. The lowest BCUT2D eigenvalue weighted by molar-refractivity contribution is 0.186. The highest BCUT2D eigenvalue weighted by molar-refractivity contribution is 7.80. The number of nitrogens with zero attached hydrogens (tertiary/aromatic N) is 3. The minimum absolute atomic E-state index is 0.128. The van der Waals surface area contributed by atoms with Crippen molar-refractivity contribution in [1.82, 2.24) is 14.9 Å². The van der Waals surface area contributed by atoms with Gasteiger partial charge in [-0.05, 0) is 48.6 Å². The number of anilines is 1. The number of hydrogen-bond acceptors (Lipinski definition) is 5. The molecule has 3 heterocycles. The first-order chi connectivity index (χ1) is 15.2. The van der Waals surface area contributed by atoms with Gasteiger partial charge in [-0.2, -0.15) is 0 Å². The van der Waals surface area contributed by atoms with E-state index in [9.17, 15) is 0 Å². The Balaban J connectivity index is 1.84. The fourth-order valence-electron chi connectivity index (χ4n) is 3.99. The monoisotopic (exact) mass is 438 g/mol. The van der Waals surface area contributed by atoms with Crippen LogP contribution in [0.3, 0.4) is 0 Å². The van der Waals surface area contributed by atoms with E-state index in [1.165, 1.54) is 0 Å². The van der Waals surface area contributed by atoms with Gasteiger partial charge >= 0.3 is 0 Å². The summed E-state index contributed by atoms with van der Waals surface area (Å²) in [5.74, 6) is 1.41. The Labute approximate surface area is 187 Å². The first-order valence-corrected chi connectivity index (χ1v) is 10.5. The lowest BCUT2D eigenvalue weighted by atomic mass is 10.0. The molecule has 0 unspecified atom stereocenters. The average Bonchev–Trinajstić information content (AvgIpc) is 3.41. The molecule has 1 aliphatic heterocycles. The largest absolute Gasteiger partial charge is 0.497 e. The van der Waals surface area contributed by atoms with Crippen molar-refractivity contribution >= 4 is 23.0 Å². The van der Waals surface area contributed by atoms with Crippen molar-refractivity contribution in [2.24, 2.45) is 0 Å². The van der Waals surface area contributed by atoms with Crippen molar-refractivity contribution in [3.8, 4) is 11.5 Å². The van der Waals surface area contributed by atoms with Gasteiger partial charge in [0.2, 0.25) is 0 Å². The Kier molecular flexibility index (Phi) is 6.39. The number of methoxy groups -OCH3 is 3. The molecule has 1 aliphatic rings. The summed E-state index contributed by atoms with van der Waals surface area (Å²) in [5, 5.41) is 4.10. The van der Waals surface area contributed by atoms with Gasteiger partial charge < -0.3 is 29.0 Å². The minimum Gasteiger partial charge on any atom is -0.497 e. The van der Waals surface area contributed by atoms with Gasteiger partial charge in [0, 0.05) is 37.8 Å². The maximum absolute atomic E-state index is 5.82. The number of benzene rings is 1. The van der Waals surface area contributed by atoms with Crippen molar-refractivity contribution in [3.05, 3.63) is 72.3 Å². The van der Waals surface area contributed by atoms with Gasteiger partial charge in [-0.15, -0.1) is 0 Å². The quantitative estimate of drug-likeness (QED) is 0.538. The van der Waals surface area contributed by atoms with Crippen molar-refractivity contribution in [3.63, 3.8) is 0 Å². The molecule has 4 rings (SSSR count). The van der Waals surface area contributed by atoms with Crippen LogP contribution in [-0.2, 0) is 11.3 Å². The first-order valence-electron chi connectivity index (χ1n) is 10.0. The van der Waals surface area contributed by atoms with Crippen LogP contribution >= 0.6 is 12.2 Å². The van der Waals surface area contributed by atoms with E-state index in [2.05, 4.69) is 32.0 Å². The van der Waals surface area contributed by atoms with Crippen LogP contribution in [0.1, 0.15) is 23.5 Å². The molecular formula is C23H26N4O3S. The van der Waals surface area contributed by atoms with Crippen LogP contribution in [-0.4, -0.2) is 42.6 Å². The van der Waals surface area contributed by atoms with Crippen LogP contribution in [0, 0.1) is 0 Å². The SMILES string of the molecule is COCCn1cccc1[C@@H]1[C@@H](c2ccccn2)NC(=S)N1c1ccc(OC)cc1OC. The summed E-state index contributed by atoms with van der Waals surface area (Å²) in [6, 6.07) is 15.6. The molecule has 1 saturated heterocycles. The zero-order valence-corrected chi connectivity index (χ0v) is 18.6. The summed E-state index contributed by atoms with van der Waals surface area (Å²) in [4.78, 5) is 6.71. The minimum atomic E-state index is -0.128. The molecule has 0 aliphatic carbocycles. The van der Waals surface area contributed by atoms with Gasteiger partial charge in [-0.25, -0.2) is 0 Å². The Morgan fingerprint density at radius 2 is 1.94 bits per heavy atom. The first kappa shape index (κ1) is 21.1. The standard InChI is InChI=1S/C23H26N4O3S/c1-28-14-13-26-12-6-8-19(26)22-21(17-7-4-5-11-24-17)25-23(31)27(22)18-10-9-16(29-2)15-20(18)30-3/h4-12,15,21-22H,13-14H2,1-3H3,(H,25,31)/t21-,22-/m1/s1. The molecular weight excluding hydrogens is 412 g/mol. The zero-order chi connectivity index (χ0) is 21.8. The van der Waals surface area contributed by atoms with E-state index in [0.29, 0.717) is 17.5 Å². The number of ether oxygens (including phenoxy) is 3. The number of nitrogens with one attached hydrogen (secondary N) is 1. The third-order valence-corrected chi connectivity index (χ3v) is 5.76. The molecule has 0 saturated carbocycles. The van der Waals surface area contributed by atoms with Crippen molar-refractivity contribution in [2.75, 3.05) is 32.8 Å². The van der Waals surface area contributed by atoms with Gasteiger partial charge in [0.1, 0.15) is 17.5 Å². The predicted octanol–water partition coefficient (Wildman–Crippen LogP) is 3.72. The number of thiocarbonyl (C=S) groups is 1. The van der Waals surface area contributed by atoms with Crippen LogP contribution in [0.15, 0.2) is 60.9 Å². The summed E-state index contributed by atoms with van der Waals surface area (Å²) in [6.07, 6.45) is 3.87. The van der Waals surface area contributed by atoms with Gasteiger partial charge in [-0.1, -0.05) is 6.07 Å². The summed E-state index contributed by atoms with van der Waals surface area (Å²) in [6.45, 7) is 1.36. The molecule has 3 aromatic rings. The maximum Gasteiger partial charge on any atom is 0.174 e. The van der Waals surface area contributed by atoms with Crippen LogP contribution < -0.4 is 19.7 Å². The summed E-state index contributed by atoms with van der Waals surface area (Å²) < 4.78 is 18.6. The molecule has 0 spiro atoms.